The number of hydrogen-bond acceptors (Lipinski definition) is 7. The van der Waals surface area contributed by atoms with Crippen LogP contribution in [0.5, 0.6) is 5.75 Å². The highest BCUT2D eigenvalue weighted by Crippen LogP contribution is 2.21. The van der Waals surface area contributed by atoms with Gasteiger partial charge in [-0.05, 0) is 24.1 Å². The Morgan fingerprint density at radius 2 is 1.89 bits per heavy atom. The smallest absolute Gasteiger partial charge is 0.273 e. The molecule has 9 heteroatoms. The molecule has 0 bridgehead atoms. The molecule has 1 N–H and O–H groups in total. The Bertz CT molecular complexity index is 972. The first-order valence-electron chi connectivity index (χ1n) is 8.52. The van der Waals surface area contributed by atoms with Crippen molar-refractivity contribution in [3.05, 3.63) is 74.8 Å². The summed E-state index contributed by atoms with van der Waals surface area (Å²) in [5, 5.41) is 22.9. The first-order valence-corrected chi connectivity index (χ1v) is 9.34. The average molecular weight is 398 g/mol. The van der Waals surface area contributed by atoms with Crippen molar-refractivity contribution in [2.75, 3.05) is 12.4 Å². The van der Waals surface area contributed by atoms with Crippen molar-refractivity contribution >= 4 is 28.1 Å². The largest absolute Gasteiger partial charge is 0.497 e. The molecule has 0 fully saturated rings. The number of methoxy groups -OCH3 is 1. The Kier molecular flexibility index (Phi) is 6.28. The number of anilines is 1. The molecular weight excluding hydrogens is 380 g/mol. The molecule has 0 aliphatic heterocycles. The summed E-state index contributed by atoms with van der Waals surface area (Å²) in [5.41, 5.74) is 1.43. The van der Waals surface area contributed by atoms with Crippen LogP contribution < -0.4 is 10.1 Å². The van der Waals surface area contributed by atoms with Crippen molar-refractivity contribution in [2.45, 2.75) is 19.3 Å². The lowest BCUT2D eigenvalue weighted by atomic mass is 10.1. The normalized spacial score (nSPS) is 10.5. The van der Waals surface area contributed by atoms with E-state index in [4.69, 9.17) is 4.74 Å². The van der Waals surface area contributed by atoms with Gasteiger partial charge in [0.2, 0.25) is 11.0 Å². The number of ether oxygens (including phenoxy) is 1. The minimum absolute atomic E-state index is 0.0740. The van der Waals surface area contributed by atoms with Crippen LogP contribution in [0, 0.1) is 10.1 Å². The highest BCUT2D eigenvalue weighted by atomic mass is 32.1. The van der Waals surface area contributed by atoms with E-state index >= 15 is 0 Å². The van der Waals surface area contributed by atoms with Crippen LogP contribution >= 0.6 is 11.3 Å². The molecule has 3 aromatic rings. The fraction of sp³-hybridized carbons (Fsp3) is 0.211. The van der Waals surface area contributed by atoms with E-state index in [1.54, 1.807) is 25.3 Å². The van der Waals surface area contributed by atoms with Gasteiger partial charge in [0.15, 0.2) is 0 Å². The zero-order valence-electron chi connectivity index (χ0n) is 15.1. The molecule has 0 saturated heterocycles. The van der Waals surface area contributed by atoms with Crippen LogP contribution in [0.2, 0.25) is 0 Å². The molecule has 3 rings (SSSR count). The maximum absolute atomic E-state index is 12.2. The molecule has 0 aliphatic rings. The van der Waals surface area contributed by atoms with Gasteiger partial charge in [-0.1, -0.05) is 41.7 Å². The van der Waals surface area contributed by atoms with Crippen molar-refractivity contribution in [1.29, 1.82) is 0 Å². The fourth-order valence-corrected chi connectivity index (χ4v) is 3.38. The topological polar surface area (TPSA) is 107 Å². The highest BCUT2D eigenvalue weighted by Gasteiger charge is 2.16. The van der Waals surface area contributed by atoms with E-state index in [0.29, 0.717) is 17.1 Å². The van der Waals surface area contributed by atoms with E-state index in [1.807, 2.05) is 24.3 Å². The van der Waals surface area contributed by atoms with Gasteiger partial charge in [0.25, 0.3) is 5.69 Å². The molecule has 1 heterocycles. The van der Waals surface area contributed by atoms with Crippen molar-refractivity contribution in [2.24, 2.45) is 0 Å². The standard InChI is InChI=1S/C19H18N4O4S/c1-27-15-9-6-13(7-10-15)8-11-18-21-22-19(28-18)20-17(24)12-14-4-2-3-5-16(14)23(25)26/h2-7,9-10H,8,11-12H2,1H3,(H,20,22,24). The first-order chi connectivity index (χ1) is 13.5. The number of carbonyl (C=O) groups is 1. The number of nitrogens with one attached hydrogen (secondary N) is 1. The van der Waals surface area contributed by atoms with Gasteiger partial charge in [0.1, 0.15) is 10.8 Å². The number of nitro groups is 1. The van der Waals surface area contributed by atoms with E-state index in [0.717, 1.165) is 22.7 Å². The molecule has 0 spiro atoms. The maximum Gasteiger partial charge on any atom is 0.273 e. The van der Waals surface area contributed by atoms with Gasteiger partial charge in [0, 0.05) is 18.1 Å². The van der Waals surface area contributed by atoms with Crippen LogP contribution in [0.25, 0.3) is 0 Å². The molecule has 0 radical (unpaired) electrons. The Morgan fingerprint density at radius 3 is 2.61 bits per heavy atom. The molecule has 0 saturated carbocycles. The average Bonchev–Trinajstić information content (AvgIpc) is 3.14. The monoisotopic (exact) mass is 398 g/mol. The van der Waals surface area contributed by atoms with Gasteiger partial charge < -0.3 is 10.1 Å². The van der Waals surface area contributed by atoms with Gasteiger partial charge in [-0.2, -0.15) is 0 Å². The Morgan fingerprint density at radius 1 is 1.14 bits per heavy atom. The Labute approximate surface area is 165 Å². The quantitative estimate of drug-likeness (QED) is 0.460. The summed E-state index contributed by atoms with van der Waals surface area (Å²) in [6.07, 6.45) is 1.39. The molecule has 0 aliphatic carbocycles. The maximum atomic E-state index is 12.2. The summed E-state index contributed by atoms with van der Waals surface area (Å²) in [6, 6.07) is 14.0. The fourth-order valence-electron chi connectivity index (χ4n) is 2.62. The third-order valence-electron chi connectivity index (χ3n) is 4.04. The second-order valence-corrected chi connectivity index (χ2v) is 7.02. The number of nitro benzene ring substituents is 1. The lowest BCUT2D eigenvalue weighted by Gasteiger charge is -2.03. The van der Waals surface area contributed by atoms with Gasteiger partial charge in [-0.3, -0.25) is 14.9 Å². The van der Waals surface area contributed by atoms with Crippen molar-refractivity contribution in [1.82, 2.24) is 10.2 Å². The lowest BCUT2D eigenvalue weighted by Crippen LogP contribution is -2.15. The van der Waals surface area contributed by atoms with Crippen LogP contribution in [0.4, 0.5) is 10.8 Å². The molecule has 2 aromatic carbocycles. The van der Waals surface area contributed by atoms with E-state index in [2.05, 4.69) is 15.5 Å². The zero-order chi connectivity index (χ0) is 19.9. The van der Waals surface area contributed by atoms with E-state index in [-0.39, 0.29) is 18.0 Å². The summed E-state index contributed by atoms with van der Waals surface area (Å²) in [7, 11) is 1.63. The molecule has 144 valence electrons. The number of hydrogen-bond donors (Lipinski definition) is 1. The zero-order valence-corrected chi connectivity index (χ0v) is 15.9. The summed E-state index contributed by atoms with van der Waals surface area (Å²) in [6.45, 7) is 0. The van der Waals surface area contributed by atoms with Crippen LogP contribution in [0.3, 0.4) is 0 Å². The minimum Gasteiger partial charge on any atom is -0.497 e. The van der Waals surface area contributed by atoms with Crippen LogP contribution in [-0.2, 0) is 24.1 Å². The molecule has 0 unspecified atom stereocenters. The Balaban J connectivity index is 1.55. The highest BCUT2D eigenvalue weighted by molar-refractivity contribution is 7.15. The molecule has 0 atom stereocenters. The van der Waals surface area contributed by atoms with Crippen LogP contribution in [0.1, 0.15) is 16.1 Å². The second kappa shape index (κ2) is 9.05. The molecule has 1 amide bonds. The summed E-state index contributed by atoms with van der Waals surface area (Å²) in [5.74, 6) is 0.440. The number of para-hydroxylation sites is 1. The molecule has 28 heavy (non-hydrogen) atoms. The van der Waals surface area contributed by atoms with Crippen molar-refractivity contribution in [3.63, 3.8) is 0 Å². The molecule has 8 nitrogen and oxygen atoms in total. The van der Waals surface area contributed by atoms with E-state index < -0.39 is 4.92 Å². The van der Waals surface area contributed by atoms with E-state index in [9.17, 15) is 14.9 Å². The number of rotatable bonds is 8. The van der Waals surface area contributed by atoms with Crippen molar-refractivity contribution < 1.29 is 14.5 Å². The predicted octanol–water partition coefficient (Wildman–Crippen LogP) is 3.42. The molecule has 1 aromatic heterocycles. The SMILES string of the molecule is COc1ccc(CCc2nnc(NC(=O)Cc3ccccc3[N+](=O)[O-])s2)cc1. The second-order valence-electron chi connectivity index (χ2n) is 5.96. The van der Waals surface area contributed by atoms with Gasteiger partial charge in [-0.25, -0.2) is 0 Å². The number of carbonyl (C=O) groups excluding carboxylic acids is 1. The first kappa shape index (κ1) is 19.4. The van der Waals surface area contributed by atoms with Crippen LogP contribution in [-0.4, -0.2) is 28.1 Å². The minimum atomic E-state index is -0.495. The number of aryl methyl sites for hydroxylation is 2. The van der Waals surface area contributed by atoms with E-state index in [1.165, 1.54) is 17.4 Å². The van der Waals surface area contributed by atoms with Gasteiger partial charge >= 0.3 is 0 Å². The number of nitrogens with zero attached hydrogens (tertiary/aromatic N) is 3. The number of aromatic nitrogens is 2. The van der Waals surface area contributed by atoms with Crippen molar-refractivity contribution in [3.8, 4) is 5.75 Å². The summed E-state index contributed by atoms with van der Waals surface area (Å²) >= 11 is 1.30. The third kappa shape index (κ3) is 5.10. The Hall–Kier alpha value is -3.33. The third-order valence-corrected chi connectivity index (χ3v) is 4.94. The summed E-state index contributed by atoms with van der Waals surface area (Å²) < 4.78 is 5.14. The molecular formula is C19H18N4O4S. The summed E-state index contributed by atoms with van der Waals surface area (Å²) in [4.78, 5) is 22.7. The number of benzene rings is 2. The van der Waals surface area contributed by atoms with Gasteiger partial charge in [-0.15, -0.1) is 10.2 Å². The van der Waals surface area contributed by atoms with Crippen LogP contribution in [0.15, 0.2) is 48.5 Å². The van der Waals surface area contributed by atoms with Gasteiger partial charge in [0.05, 0.1) is 18.5 Å². The predicted molar refractivity (Wildman–Crippen MR) is 106 cm³/mol. The lowest BCUT2D eigenvalue weighted by molar-refractivity contribution is -0.385. The number of amides is 1.